The van der Waals surface area contributed by atoms with Gasteiger partial charge in [0.15, 0.2) is 6.10 Å². The molecule has 172 valence electrons. The fourth-order valence-electron chi connectivity index (χ4n) is 8.56. The Morgan fingerprint density at radius 3 is 2.72 bits per heavy atom. The number of esters is 2. The normalized spacial score (nSPS) is 45.4. The molecule has 1 aromatic carbocycles. The number of anilines is 1. The minimum Gasteiger partial charge on any atom is -0.467 e. The lowest BCUT2D eigenvalue weighted by molar-refractivity contribution is -0.199. The van der Waals surface area contributed by atoms with E-state index in [0.29, 0.717) is 13.0 Å². The number of fused-ring (bicyclic) bond motifs is 3. The van der Waals surface area contributed by atoms with Crippen molar-refractivity contribution in [2.45, 2.75) is 68.1 Å². The van der Waals surface area contributed by atoms with Crippen LogP contribution in [0.5, 0.6) is 0 Å². The van der Waals surface area contributed by atoms with Gasteiger partial charge in [-0.05, 0) is 31.0 Å². The number of benzene rings is 1. The van der Waals surface area contributed by atoms with Crippen LogP contribution in [0.1, 0.15) is 32.3 Å². The number of aliphatic hydroxyl groups is 1. The molecular formula is C24H30N2O6. The van der Waals surface area contributed by atoms with Gasteiger partial charge in [0.05, 0.1) is 30.8 Å². The number of piperidine rings is 1. The summed E-state index contributed by atoms with van der Waals surface area (Å²) in [5.74, 6) is -1.00. The maximum Gasteiger partial charge on any atom is 0.344 e. The van der Waals surface area contributed by atoms with Crippen molar-refractivity contribution in [1.82, 2.24) is 4.90 Å². The fourth-order valence-corrected chi connectivity index (χ4v) is 8.56. The Labute approximate surface area is 187 Å². The third-order valence-electron chi connectivity index (χ3n) is 9.14. The summed E-state index contributed by atoms with van der Waals surface area (Å²) >= 11 is 0. The van der Waals surface area contributed by atoms with E-state index < -0.39 is 52.7 Å². The van der Waals surface area contributed by atoms with Crippen LogP contribution in [0.25, 0.3) is 0 Å². The van der Waals surface area contributed by atoms with Crippen LogP contribution >= 0.6 is 0 Å². The maximum atomic E-state index is 13.7. The Balaban J connectivity index is 1.72. The smallest absolute Gasteiger partial charge is 0.344 e. The molecule has 1 aliphatic carbocycles. The van der Waals surface area contributed by atoms with Crippen LogP contribution in [0.15, 0.2) is 24.3 Å². The molecule has 0 aromatic heterocycles. The minimum atomic E-state index is -1.54. The van der Waals surface area contributed by atoms with Crippen LogP contribution in [0.3, 0.4) is 0 Å². The van der Waals surface area contributed by atoms with Gasteiger partial charge < -0.3 is 24.2 Å². The van der Waals surface area contributed by atoms with Crippen LogP contribution in [-0.4, -0.2) is 85.2 Å². The zero-order valence-corrected chi connectivity index (χ0v) is 18.9. The highest BCUT2D eigenvalue weighted by atomic mass is 16.6. The highest BCUT2D eigenvalue weighted by molar-refractivity contribution is 5.87. The number of nitrogens with zero attached hydrogens (tertiary/aromatic N) is 2. The molecular weight excluding hydrogens is 412 g/mol. The van der Waals surface area contributed by atoms with E-state index in [4.69, 9.17) is 14.2 Å². The van der Waals surface area contributed by atoms with Crippen molar-refractivity contribution < 1.29 is 28.9 Å². The second kappa shape index (κ2) is 6.24. The van der Waals surface area contributed by atoms with Gasteiger partial charge in [-0.3, -0.25) is 9.69 Å². The zero-order valence-electron chi connectivity index (χ0n) is 18.9. The van der Waals surface area contributed by atoms with E-state index in [-0.39, 0.29) is 6.04 Å². The highest BCUT2D eigenvalue weighted by Gasteiger charge is 2.88. The number of ether oxygens (including phenoxy) is 3. The fraction of sp³-hybridized carbons (Fsp3) is 0.667. The molecule has 1 saturated carbocycles. The summed E-state index contributed by atoms with van der Waals surface area (Å²) in [6, 6.07) is 7.84. The van der Waals surface area contributed by atoms with Crippen molar-refractivity contribution in [2.24, 2.45) is 5.41 Å². The lowest BCUT2D eigenvalue weighted by atomic mass is 9.47. The molecule has 4 heterocycles. The van der Waals surface area contributed by atoms with E-state index in [9.17, 15) is 14.7 Å². The van der Waals surface area contributed by atoms with E-state index in [1.54, 1.807) is 0 Å². The first kappa shape index (κ1) is 20.4. The van der Waals surface area contributed by atoms with Gasteiger partial charge in [-0.15, -0.1) is 0 Å². The Bertz CT molecular complexity index is 1020. The van der Waals surface area contributed by atoms with Crippen LogP contribution in [0.2, 0.25) is 0 Å². The summed E-state index contributed by atoms with van der Waals surface area (Å²) in [5.41, 5.74) is -0.404. The second-order valence-electron chi connectivity index (χ2n) is 10.1. The summed E-state index contributed by atoms with van der Waals surface area (Å²) in [6.07, 6.45) is -0.832. The number of para-hydroxylation sites is 1. The molecule has 0 radical (unpaired) electrons. The van der Waals surface area contributed by atoms with Gasteiger partial charge in [0.2, 0.25) is 5.60 Å². The lowest BCUT2D eigenvalue weighted by Gasteiger charge is -2.61. The van der Waals surface area contributed by atoms with Gasteiger partial charge in [0.25, 0.3) is 0 Å². The molecule has 3 saturated heterocycles. The number of rotatable bonds is 3. The first-order valence-electron chi connectivity index (χ1n) is 11.5. The van der Waals surface area contributed by atoms with Crippen molar-refractivity contribution in [3.8, 4) is 0 Å². The average molecular weight is 443 g/mol. The summed E-state index contributed by atoms with van der Waals surface area (Å²) in [6.45, 7) is 4.69. The summed E-state index contributed by atoms with van der Waals surface area (Å²) in [5, 5.41) is 11.2. The molecule has 2 bridgehead atoms. The maximum absolute atomic E-state index is 13.7. The molecule has 8 heteroatoms. The Morgan fingerprint density at radius 2 is 2.03 bits per heavy atom. The Hall–Kier alpha value is -2.16. The van der Waals surface area contributed by atoms with Gasteiger partial charge in [-0.2, -0.15) is 0 Å². The zero-order chi connectivity index (χ0) is 22.6. The molecule has 4 aliphatic heterocycles. The van der Waals surface area contributed by atoms with Gasteiger partial charge in [-0.25, -0.2) is 4.79 Å². The van der Waals surface area contributed by atoms with E-state index >= 15 is 0 Å². The average Bonchev–Trinajstić information content (AvgIpc) is 3.36. The standard InChI is InChI=1S/C24H30N2O6/c1-5-22-17-16(28)12-26-11-10-23(18(22)26)14-8-6-7-9-15(14)25(3)19(23)24(32-17,21(29)30-4)20(22)31-13(2)27/h6-9,16-20,28H,5,10-12H2,1-4H3/t16-,17?,18-,19+,20-,22?,23+,24?/m0/s1. The molecule has 3 unspecified atom stereocenters. The number of hydrogen-bond donors (Lipinski definition) is 1. The molecule has 1 aromatic rings. The van der Waals surface area contributed by atoms with Gasteiger partial charge in [-0.1, -0.05) is 25.1 Å². The van der Waals surface area contributed by atoms with Crippen molar-refractivity contribution >= 4 is 17.6 Å². The summed E-state index contributed by atoms with van der Waals surface area (Å²) in [4.78, 5) is 30.6. The first-order valence-corrected chi connectivity index (χ1v) is 11.5. The van der Waals surface area contributed by atoms with Gasteiger partial charge in [0.1, 0.15) is 0 Å². The largest absolute Gasteiger partial charge is 0.467 e. The molecule has 32 heavy (non-hydrogen) atoms. The number of likely N-dealkylation sites (N-methyl/N-ethyl adjacent to an activating group) is 1. The number of carbonyl (C=O) groups is 2. The molecule has 6 rings (SSSR count). The van der Waals surface area contributed by atoms with E-state index in [2.05, 4.69) is 21.9 Å². The van der Waals surface area contributed by atoms with Crippen molar-refractivity contribution in [3.63, 3.8) is 0 Å². The second-order valence-corrected chi connectivity index (χ2v) is 10.1. The van der Waals surface area contributed by atoms with E-state index in [0.717, 1.165) is 18.7 Å². The molecule has 1 N–H and O–H groups in total. The van der Waals surface area contributed by atoms with E-state index in [1.807, 2.05) is 26.1 Å². The summed E-state index contributed by atoms with van der Waals surface area (Å²) < 4.78 is 18.1. The molecule has 5 aliphatic rings. The predicted molar refractivity (Wildman–Crippen MR) is 114 cm³/mol. The predicted octanol–water partition coefficient (Wildman–Crippen LogP) is 0.844. The quantitative estimate of drug-likeness (QED) is 0.690. The SMILES string of the molecule is CCC12C3OC(C(=O)OC)([C@H]1OC(C)=O)[C@@H]1N(C)c4ccccc4[C@@]14CCN(C[C@@H]3O)[C@@H]24. The van der Waals surface area contributed by atoms with Crippen LogP contribution in [-0.2, 0) is 29.2 Å². The summed E-state index contributed by atoms with van der Waals surface area (Å²) in [7, 11) is 3.33. The molecule has 8 nitrogen and oxygen atoms in total. The number of hydrogen-bond acceptors (Lipinski definition) is 8. The number of aliphatic hydroxyl groups excluding tert-OH is 1. The minimum absolute atomic E-state index is 0.0332. The number of carbonyl (C=O) groups excluding carboxylic acids is 2. The van der Waals surface area contributed by atoms with Crippen molar-refractivity contribution in [1.29, 1.82) is 0 Å². The van der Waals surface area contributed by atoms with Crippen LogP contribution < -0.4 is 4.90 Å². The lowest BCUT2D eigenvalue weighted by Crippen LogP contribution is -2.79. The van der Waals surface area contributed by atoms with E-state index in [1.165, 1.54) is 19.6 Å². The highest BCUT2D eigenvalue weighted by Crippen LogP contribution is 2.72. The van der Waals surface area contributed by atoms with Crippen LogP contribution in [0.4, 0.5) is 5.69 Å². The third kappa shape index (κ3) is 1.90. The van der Waals surface area contributed by atoms with Gasteiger partial charge in [0, 0.05) is 37.7 Å². The van der Waals surface area contributed by atoms with Crippen molar-refractivity contribution in [3.05, 3.63) is 29.8 Å². The first-order chi connectivity index (χ1) is 15.3. The topological polar surface area (TPSA) is 88.5 Å². The van der Waals surface area contributed by atoms with Gasteiger partial charge >= 0.3 is 11.9 Å². The molecule has 1 spiro atoms. The third-order valence-corrected chi connectivity index (χ3v) is 9.14. The van der Waals surface area contributed by atoms with Crippen LogP contribution in [0, 0.1) is 5.41 Å². The molecule has 8 atom stereocenters. The Morgan fingerprint density at radius 1 is 1.28 bits per heavy atom. The number of methoxy groups -OCH3 is 1. The Kier molecular flexibility index (Phi) is 3.99. The molecule has 4 fully saturated rings. The van der Waals surface area contributed by atoms with Crippen molar-refractivity contribution in [2.75, 3.05) is 32.1 Å². The monoisotopic (exact) mass is 442 g/mol. The molecule has 0 amide bonds.